The topological polar surface area (TPSA) is 41.6 Å². The molecule has 0 aliphatic carbocycles. The van der Waals surface area contributed by atoms with Crippen LogP contribution in [0.2, 0.25) is 0 Å². The monoisotopic (exact) mass is 620 g/mol. The number of rotatable bonds is 18. The van der Waals surface area contributed by atoms with Crippen molar-refractivity contribution in [2.24, 2.45) is 0 Å². The van der Waals surface area contributed by atoms with Gasteiger partial charge in [0.15, 0.2) is 11.6 Å². The predicted octanol–water partition coefficient (Wildman–Crippen LogP) is 10.1. The van der Waals surface area contributed by atoms with E-state index >= 15 is 0 Å². The van der Waals surface area contributed by atoms with E-state index in [0.29, 0.717) is 12.3 Å². The number of amides is 1. The maximum atomic E-state index is 14.6. The number of hydrogen-bond donors (Lipinski definition) is 1. The Bertz CT molecular complexity index is 1030. The molecule has 0 atom stereocenters. The van der Waals surface area contributed by atoms with Gasteiger partial charge < -0.3 is 15.0 Å². The van der Waals surface area contributed by atoms with Crippen molar-refractivity contribution in [2.45, 2.75) is 97.4 Å². The molecule has 1 amide bonds. The average molecular weight is 622 g/mol. The summed E-state index contributed by atoms with van der Waals surface area (Å²) >= 11 is 1.82. The molecule has 2 aromatic carbocycles. The number of halogens is 2. The van der Waals surface area contributed by atoms with Crippen molar-refractivity contribution in [3.8, 4) is 5.75 Å². The third-order valence-corrected chi connectivity index (χ3v) is 7.86. The highest BCUT2D eigenvalue weighted by atomic mass is 79.9. The maximum absolute atomic E-state index is 14.6. The van der Waals surface area contributed by atoms with Crippen LogP contribution >= 0.6 is 28.7 Å². The highest BCUT2D eigenvalue weighted by Crippen LogP contribution is 2.26. The Morgan fingerprint density at radius 2 is 1.62 bits per heavy atom. The molecule has 0 unspecified atom stereocenters. The molecule has 3 rings (SSSR count). The number of nitrogens with zero attached hydrogens (tertiary/aromatic N) is 1. The first kappa shape index (κ1) is 33.2. The standard InChI is InChI=1S/C32H45FN2O2S.BrH/c1-3-4-5-6-7-8-9-10-11-12-13-14-20-37-31-19-18-28(22-30(31)33)32(36)34-29-17-15-16-27(21-29)24-35-23-26(2)38-25-35;/h15-19,21-23H,3-14,20,24-25H2,1-2H3,(H,34,36);1H. The van der Waals surface area contributed by atoms with E-state index in [1.54, 1.807) is 12.1 Å². The highest BCUT2D eigenvalue weighted by Gasteiger charge is 2.13. The van der Waals surface area contributed by atoms with Gasteiger partial charge in [-0.3, -0.25) is 4.79 Å². The molecular formula is C32H46BrFN2O2S. The SMILES string of the molecule is Br.CCCCCCCCCCCCCCOc1ccc(C(=O)Nc2cccc(CN3C=C(C)SC3)c2)cc1F. The molecule has 0 saturated carbocycles. The van der Waals surface area contributed by atoms with Crippen LogP contribution in [0.3, 0.4) is 0 Å². The summed E-state index contributed by atoms with van der Waals surface area (Å²) in [6, 6.07) is 12.2. The fourth-order valence-electron chi connectivity index (χ4n) is 4.68. The van der Waals surface area contributed by atoms with Crippen LogP contribution in [-0.4, -0.2) is 23.3 Å². The molecule has 0 saturated heterocycles. The molecular weight excluding hydrogens is 575 g/mol. The van der Waals surface area contributed by atoms with Crippen molar-refractivity contribution >= 4 is 40.3 Å². The van der Waals surface area contributed by atoms with Gasteiger partial charge in [-0.15, -0.1) is 28.7 Å². The van der Waals surface area contributed by atoms with Gasteiger partial charge in [-0.1, -0.05) is 89.7 Å². The van der Waals surface area contributed by atoms with Gasteiger partial charge in [0.2, 0.25) is 0 Å². The number of ether oxygens (including phenoxy) is 1. The molecule has 0 radical (unpaired) electrons. The average Bonchev–Trinajstić information content (AvgIpc) is 3.32. The lowest BCUT2D eigenvalue weighted by atomic mass is 10.1. The summed E-state index contributed by atoms with van der Waals surface area (Å²) in [5.74, 6) is 0.314. The summed E-state index contributed by atoms with van der Waals surface area (Å²) in [7, 11) is 0. The molecule has 216 valence electrons. The summed E-state index contributed by atoms with van der Waals surface area (Å²) in [4.78, 5) is 16.3. The predicted molar refractivity (Wildman–Crippen MR) is 169 cm³/mol. The van der Waals surface area contributed by atoms with E-state index in [1.165, 1.54) is 75.2 Å². The van der Waals surface area contributed by atoms with Crippen molar-refractivity contribution < 1.29 is 13.9 Å². The zero-order valence-electron chi connectivity index (χ0n) is 23.7. The molecule has 0 spiro atoms. The number of allylic oxidation sites excluding steroid dienone is 1. The fraction of sp³-hybridized carbons (Fsp3) is 0.531. The summed E-state index contributed by atoms with van der Waals surface area (Å²) in [5, 5.41) is 2.89. The molecule has 1 N–H and O–H groups in total. The van der Waals surface area contributed by atoms with Crippen molar-refractivity contribution in [3.63, 3.8) is 0 Å². The number of hydrogen-bond acceptors (Lipinski definition) is 4. The third kappa shape index (κ3) is 12.8. The van der Waals surface area contributed by atoms with Crippen LogP contribution in [0.1, 0.15) is 107 Å². The first-order valence-corrected chi connectivity index (χ1v) is 15.4. The van der Waals surface area contributed by atoms with Gasteiger partial charge in [-0.05, 0) is 54.1 Å². The molecule has 7 heteroatoms. The minimum Gasteiger partial charge on any atom is -0.491 e. The molecule has 4 nitrogen and oxygen atoms in total. The zero-order chi connectivity index (χ0) is 27.0. The fourth-order valence-corrected chi connectivity index (χ4v) is 5.44. The van der Waals surface area contributed by atoms with Gasteiger partial charge >= 0.3 is 0 Å². The number of unbranched alkanes of at least 4 members (excludes halogenated alkanes) is 11. The van der Waals surface area contributed by atoms with Gasteiger partial charge in [-0.25, -0.2) is 4.39 Å². The van der Waals surface area contributed by atoms with Crippen LogP contribution in [0.15, 0.2) is 53.6 Å². The number of thioether (sulfide) groups is 1. The normalized spacial score (nSPS) is 12.7. The first-order chi connectivity index (χ1) is 18.5. The van der Waals surface area contributed by atoms with Crippen molar-refractivity contribution in [1.29, 1.82) is 0 Å². The Morgan fingerprint density at radius 3 is 2.23 bits per heavy atom. The number of carbonyl (C=O) groups excluding carboxylic acids is 1. The molecule has 2 aromatic rings. The molecule has 0 fully saturated rings. The van der Waals surface area contributed by atoms with E-state index in [4.69, 9.17) is 4.74 Å². The molecule has 1 aliphatic heterocycles. The van der Waals surface area contributed by atoms with E-state index in [2.05, 4.69) is 30.3 Å². The van der Waals surface area contributed by atoms with E-state index in [1.807, 2.05) is 36.0 Å². The molecule has 0 aromatic heterocycles. The molecule has 39 heavy (non-hydrogen) atoms. The van der Waals surface area contributed by atoms with Gasteiger partial charge in [0, 0.05) is 24.0 Å². The second kappa shape index (κ2) is 19.1. The summed E-state index contributed by atoms with van der Waals surface area (Å²) in [6.07, 6.45) is 17.5. The quantitative estimate of drug-likeness (QED) is 0.168. The second-order valence-electron chi connectivity index (χ2n) is 10.3. The summed E-state index contributed by atoms with van der Waals surface area (Å²) in [6.45, 7) is 5.65. The van der Waals surface area contributed by atoms with Crippen LogP contribution in [0.4, 0.5) is 10.1 Å². The highest BCUT2D eigenvalue weighted by molar-refractivity contribution is 8.93. The lowest BCUT2D eigenvalue weighted by Crippen LogP contribution is -2.14. The Labute approximate surface area is 249 Å². The minimum absolute atomic E-state index is 0. The van der Waals surface area contributed by atoms with Crippen molar-refractivity contribution in [1.82, 2.24) is 4.90 Å². The lowest BCUT2D eigenvalue weighted by molar-refractivity contribution is 0.102. The van der Waals surface area contributed by atoms with Gasteiger partial charge in [0.05, 0.1) is 12.5 Å². The van der Waals surface area contributed by atoms with E-state index in [9.17, 15) is 9.18 Å². The van der Waals surface area contributed by atoms with Crippen LogP contribution in [0, 0.1) is 5.82 Å². The Kier molecular flexibility index (Phi) is 16.3. The molecule has 1 heterocycles. The number of anilines is 1. The van der Waals surface area contributed by atoms with E-state index in [-0.39, 0.29) is 34.2 Å². The molecule has 0 bridgehead atoms. The number of benzene rings is 2. The summed E-state index contributed by atoms with van der Waals surface area (Å²) in [5.41, 5.74) is 2.09. The van der Waals surface area contributed by atoms with Crippen LogP contribution in [0.5, 0.6) is 5.75 Å². The summed E-state index contributed by atoms with van der Waals surface area (Å²) < 4.78 is 20.3. The first-order valence-electron chi connectivity index (χ1n) is 14.4. The van der Waals surface area contributed by atoms with Gasteiger partial charge in [-0.2, -0.15) is 0 Å². The maximum Gasteiger partial charge on any atom is 0.255 e. The van der Waals surface area contributed by atoms with Crippen LogP contribution in [-0.2, 0) is 6.54 Å². The lowest BCUT2D eigenvalue weighted by Gasteiger charge is -2.15. The Balaban J connectivity index is 0.00000533. The van der Waals surface area contributed by atoms with E-state index < -0.39 is 5.82 Å². The van der Waals surface area contributed by atoms with Gasteiger partial charge in [0.25, 0.3) is 5.91 Å². The largest absolute Gasteiger partial charge is 0.491 e. The third-order valence-electron chi connectivity index (χ3n) is 6.84. The number of carbonyl (C=O) groups is 1. The zero-order valence-corrected chi connectivity index (χ0v) is 26.2. The Morgan fingerprint density at radius 1 is 0.949 bits per heavy atom. The second-order valence-corrected chi connectivity index (χ2v) is 11.5. The van der Waals surface area contributed by atoms with Crippen molar-refractivity contribution in [2.75, 3.05) is 17.8 Å². The van der Waals surface area contributed by atoms with E-state index in [0.717, 1.165) is 30.8 Å². The van der Waals surface area contributed by atoms with Crippen LogP contribution in [0.25, 0.3) is 0 Å². The Hall–Kier alpha value is -1.99. The number of nitrogens with one attached hydrogen (secondary N) is 1. The van der Waals surface area contributed by atoms with Gasteiger partial charge in [0.1, 0.15) is 0 Å². The minimum atomic E-state index is -0.501. The van der Waals surface area contributed by atoms with Crippen molar-refractivity contribution in [3.05, 3.63) is 70.5 Å². The molecule has 1 aliphatic rings. The van der Waals surface area contributed by atoms with Crippen LogP contribution < -0.4 is 10.1 Å². The smallest absolute Gasteiger partial charge is 0.255 e.